The number of nitrogens with one attached hydrogen (secondary N) is 11. The number of hydrogen-bond donors (Lipinski definition) is 20. The van der Waals surface area contributed by atoms with Gasteiger partial charge in [0.25, 0.3) is 0 Å². The fourth-order valence-corrected chi connectivity index (χ4v) is 11.1. The summed E-state index contributed by atoms with van der Waals surface area (Å²) in [6.45, 7) is 10.5. The first kappa shape index (κ1) is 89.5. The third-order valence-corrected chi connectivity index (χ3v) is 17.8. The van der Waals surface area contributed by atoms with Gasteiger partial charge in [-0.2, -0.15) is 0 Å². The lowest BCUT2D eigenvalue weighted by Gasteiger charge is -2.29. The summed E-state index contributed by atoms with van der Waals surface area (Å²) in [5.74, 6) is -14.3. The van der Waals surface area contributed by atoms with Gasteiger partial charge in [0, 0.05) is 32.5 Å². The summed E-state index contributed by atoms with van der Waals surface area (Å²) in [7, 11) is 0. The molecule has 0 unspecified atom stereocenters. The van der Waals surface area contributed by atoms with Crippen LogP contribution in [-0.4, -0.2) is 216 Å². The van der Waals surface area contributed by atoms with Gasteiger partial charge in [-0.25, -0.2) is 4.79 Å². The van der Waals surface area contributed by atoms with Gasteiger partial charge in [-0.15, -0.1) is 0 Å². The van der Waals surface area contributed by atoms with Crippen LogP contribution in [0.5, 0.6) is 5.75 Å². The minimum Gasteiger partial charge on any atom is -0.508 e. The quantitative estimate of drug-likeness (QED) is 0.0168. The first-order valence-corrected chi connectivity index (χ1v) is 35.6. The number of guanidine groups is 2. The minimum absolute atomic E-state index is 0.0152. The maximum absolute atomic E-state index is 14.2. The van der Waals surface area contributed by atoms with Crippen LogP contribution in [0.15, 0.2) is 64.6 Å². The van der Waals surface area contributed by atoms with E-state index in [1.807, 2.05) is 6.92 Å². The molecule has 0 aromatic heterocycles. The average molecular weight is 1490 g/mol. The van der Waals surface area contributed by atoms with Crippen molar-refractivity contribution in [1.82, 2.24) is 63.4 Å². The SMILES string of the molecule is CC[C@H](C)[C@H](N)C(=O)N[C@@H](CCCN=C(N)N)C(=O)N[C@H](C(=O)N[C@@H](CC(N)=O)C(=O)N[C@@H](CCCN=C(N)N)C(=O)NCC(=O)N1CCC[C@H]1C(=O)NCC(=O)N[C@@H](CCCCN)C(=O)N[C@@H](C)C(=O)N[C@@H](Cc1ccccc1)C(=O)N[C@H](C(=O)N[C@@H](Cc1ccc(O)cc1)C(=O)O)C(C)C)[C@@H](C)CC. The average Bonchev–Trinajstić information content (AvgIpc) is 1.85. The lowest BCUT2D eigenvalue weighted by molar-refractivity contribution is -0.142. The van der Waals surface area contributed by atoms with E-state index in [1.165, 1.54) is 36.1 Å². The largest absolute Gasteiger partial charge is 0.508 e. The van der Waals surface area contributed by atoms with Crippen molar-refractivity contribution in [3.63, 3.8) is 0 Å². The van der Waals surface area contributed by atoms with Gasteiger partial charge in [-0.1, -0.05) is 96.8 Å². The van der Waals surface area contributed by atoms with E-state index < -0.39 is 181 Å². The zero-order chi connectivity index (χ0) is 79.3. The number of unbranched alkanes of at least 4 members (excludes halogenated alkanes) is 1. The number of phenols is 1. The number of rotatable bonds is 47. The summed E-state index contributed by atoms with van der Waals surface area (Å²) < 4.78 is 0. The van der Waals surface area contributed by atoms with E-state index in [4.69, 9.17) is 40.1 Å². The number of aliphatic carboxylic acids is 1. The van der Waals surface area contributed by atoms with Gasteiger partial charge in [0.2, 0.25) is 76.8 Å². The Hall–Kier alpha value is -10.7. The first-order valence-electron chi connectivity index (χ1n) is 35.6. The van der Waals surface area contributed by atoms with Gasteiger partial charge >= 0.3 is 5.97 Å². The van der Waals surface area contributed by atoms with Crippen LogP contribution in [0.2, 0.25) is 0 Å². The fourth-order valence-electron chi connectivity index (χ4n) is 11.1. The number of amides is 13. The number of nitrogens with two attached hydrogens (primary N) is 7. The van der Waals surface area contributed by atoms with Crippen molar-refractivity contribution in [2.45, 2.75) is 205 Å². The smallest absolute Gasteiger partial charge is 0.326 e. The summed E-state index contributed by atoms with van der Waals surface area (Å²) in [6.07, 6.45) is 1.23. The summed E-state index contributed by atoms with van der Waals surface area (Å²) in [5.41, 5.74) is 40.6. The van der Waals surface area contributed by atoms with Crippen molar-refractivity contribution >= 4 is 94.7 Å². The van der Waals surface area contributed by atoms with Crippen molar-refractivity contribution in [3.8, 4) is 5.75 Å². The summed E-state index contributed by atoms with van der Waals surface area (Å²) in [5, 5.41) is 47.8. The molecule has 2 aromatic carbocycles. The molecule has 13 amide bonds. The highest BCUT2D eigenvalue weighted by Gasteiger charge is 2.39. The second-order valence-electron chi connectivity index (χ2n) is 26.6. The summed E-state index contributed by atoms with van der Waals surface area (Å²) in [6, 6.07) is -0.309. The zero-order valence-electron chi connectivity index (χ0n) is 61.4. The molecular weight excluding hydrogens is 1380 g/mol. The zero-order valence-corrected chi connectivity index (χ0v) is 61.4. The van der Waals surface area contributed by atoms with Crippen molar-refractivity contribution in [2.24, 2.45) is 67.9 Å². The number of carbonyl (C=O) groups excluding carboxylic acids is 13. The summed E-state index contributed by atoms with van der Waals surface area (Å²) >= 11 is 0. The van der Waals surface area contributed by atoms with Crippen molar-refractivity contribution in [3.05, 3.63) is 65.7 Å². The van der Waals surface area contributed by atoms with Gasteiger partial charge in [0.15, 0.2) is 11.9 Å². The predicted octanol–water partition coefficient (Wildman–Crippen LogP) is -4.94. The van der Waals surface area contributed by atoms with Crippen molar-refractivity contribution < 1.29 is 77.3 Å². The third-order valence-electron chi connectivity index (χ3n) is 17.8. The van der Waals surface area contributed by atoms with E-state index >= 15 is 0 Å². The lowest BCUT2D eigenvalue weighted by Crippen LogP contribution is -2.60. The number of nitrogens with zero attached hydrogens (tertiary/aromatic N) is 3. The Morgan fingerprint density at radius 1 is 0.519 bits per heavy atom. The molecule has 13 atom stereocenters. The molecule has 3 rings (SSSR count). The number of primary amides is 1. The van der Waals surface area contributed by atoms with Crippen LogP contribution in [0.4, 0.5) is 0 Å². The highest BCUT2D eigenvalue weighted by atomic mass is 16.4. The van der Waals surface area contributed by atoms with Gasteiger partial charge < -0.3 is 114 Å². The van der Waals surface area contributed by atoms with E-state index in [-0.39, 0.29) is 101 Å². The van der Waals surface area contributed by atoms with Crippen LogP contribution in [-0.2, 0) is 80.0 Å². The van der Waals surface area contributed by atoms with E-state index in [2.05, 4.69) is 68.5 Å². The van der Waals surface area contributed by atoms with Gasteiger partial charge in [-0.3, -0.25) is 72.3 Å². The predicted molar refractivity (Wildman–Crippen MR) is 392 cm³/mol. The number of aliphatic imine (C=N–C) groups is 2. The molecular formula is C69H111N21O16. The molecule has 588 valence electrons. The Morgan fingerprint density at radius 2 is 1.01 bits per heavy atom. The molecule has 37 heteroatoms. The Bertz CT molecular complexity index is 3350. The number of carboxylic acids is 1. The Labute approximate surface area is 616 Å². The van der Waals surface area contributed by atoms with Crippen molar-refractivity contribution in [2.75, 3.05) is 39.3 Å². The molecule has 1 aliphatic rings. The van der Waals surface area contributed by atoms with E-state index in [0.29, 0.717) is 43.2 Å². The molecule has 1 saturated heterocycles. The van der Waals surface area contributed by atoms with Crippen LogP contribution in [0, 0.1) is 17.8 Å². The highest BCUT2D eigenvalue weighted by molar-refractivity contribution is 6.00. The fraction of sp³-hybridized carbons (Fsp3) is 0.594. The number of phenolic OH excluding ortho intramolecular Hbond substituents is 1. The number of benzene rings is 2. The number of carboxylic acid groups (broad SMARTS) is 1. The first-order chi connectivity index (χ1) is 50.1. The van der Waals surface area contributed by atoms with E-state index in [0.717, 1.165) is 0 Å². The lowest BCUT2D eigenvalue weighted by atomic mass is 9.96. The number of hydrogen-bond acceptors (Lipinski definition) is 19. The van der Waals surface area contributed by atoms with Gasteiger partial charge in [-0.05, 0) is 112 Å². The highest BCUT2D eigenvalue weighted by Crippen LogP contribution is 2.19. The van der Waals surface area contributed by atoms with Crippen LogP contribution in [0.1, 0.15) is 137 Å². The number of likely N-dealkylation sites (tertiary alicyclic amines) is 1. The maximum Gasteiger partial charge on any atom is 0.326 e. The number of aromatic hydroxyl groups is 1. The molecule has 0 saturated carbocycles. The molecule has 2 aromatic rings. The third kappa shape index (κ3) is 31.7. The van der Waals surface area contributed by atoms with E-state index in [1.54, 1.807) is 65.0 Å². The molecule has 0 spiro atoms. The monoisotopic (exact) mass is 1490 g/mol. The van der Waals surface area contributed by atoms with Crippen LogP contribution < -0.4 is 98.6 Å². The normalized spacial score (nSPS) is 15.9. The second-order valence-corrected chi connectivity index (χ2v) is 26.6. The second kappa shape index (κ2) is 46.2. The Balaban J connectivity index is 1.74. The molecule has 0 radical (unpaired) electrons. The van der Waals surface area contributed by atoms with E-state index in [9.17, 15) is 77.3 Å². The van der Waals surface area contributed by atoms with Crippen molar-refractivity contribution in [1.29, 1.82) is 0 Å². The van der Waals surface area contributed by atoms with Gasteiger partial charge in [0.1, 0.15) is 66.2 Å². The molecule has 1 fully saturated rings. The molecule has 106 heavy (non-hydrogen) atoms. The summed E-state index contributed by atoms with van der Waals surface area (Å²) in [4.78, 5) is 200. The topological polar surface area (TPSA) is 622 Å². The minimum atomic E-state index is -1.74. The van der Waals surface area contributed by atoms with Crippen LogP contribution in [0.3, 0.4) is 0 Å². The molecule has 0 aliphatic carbocycles. The molecule has 37 nitrogen and oxygen atoms in total. The molecule has 1 heterocycles. The Morgan fingerprint density at radius 3 is 1.58 bits per heavy atom. The molecule has 1 aliphatic heterocycles. The number of carbonyl (C=O) groups is 14. The maximum atomic E-state index is 14.2. The van der Waals surface area contributed by atoms with Crippen LogP contribution >= 0.6 is 0 Å². The standard InChI is InChI=1S/C69H111N21O16/c1-8-38(5)54(72)64(102)84-46(22-16-30-78-69(75)76)60(98)89-56(39(6)9-2)66(104)86-48(34-51(71)92)61(99)83-44(21-15-29-77-68(73)74)58(96)80-36-53(94)90-31-17-23-50(90)63(101)79-35-52(93)82-45(20-13-14-28-70)59(97)81-40(7)57(95)85-47(32-41-18-11-10-12-19-41)62(100)88-55(37(3)4)65(103)87-49(67(105)106)33-42-24-26-43(91)27-25-42/h10-12,18-19,24-27,37-40,44-50,54-56,91H,8-9,13-17,20-23,28-36,70,72H2,1-7H3,(H2,71,92)(H,79,101)(H,80,96)(H,81,97)(H,82,93)(H,83,99)(H,84,102)(H,85,95)(H,86,104)(H,87,103)(H,88,100)(H,89,98)(H,105,106)(H4,73,74,77)(H4,75,76,78)/t38-,39-,40-,44-,45-,46-,47-,48-,49-,50-,54-,55-,56-/m0/s1. The van der Waals surface area contributed by atoms with Crippen LogP contribution in [0.25, 0.3) is 0 Å². The Kier molecular flexibility index (Phi) is 39.0. The van der Waals surface area contributed by atoms with Gasteiger partial charge in [0.05, 0.1) is 25.6 Å². The molecule has 0 bridgehead atoms. The molecule has 27 N–H and O–H groups in total.